The molecule has 0 spiro atoms. The highest BCUT2D eigenvalue weighted by Crippen LogP contribution is 2.18. The van der Waals surface area contributed by atoms with Gasteiger partial charge < -0.3 is 19.7 Å². The topological polar surface area (TPSA) is 58.9 Å². The molecule has 2 atom stereocenters. The summed E-state index contributed by atoms with van der Waals surface area (Å²) in [5, 5.41) is 18.5. The van der Waals surface area contributed by atoms with E-state index in [1.807, 2.05) is 0 Å². The number of aromatic hydroxyl groups is 1. The van der Waals surface area contributed by atoms with Gasteiger partial charge in [-0.3, -0.25) is 0 Å². The summed E-state index contributed by atoms with van der Waals surface area (Å²) in [6, 6.07) is 6.30. The van der Waals surface area contributed by atoms with Crippen LogP contribution < -0.4 is 4.74 Å². The lowest BCUT2D eigenvalue weighted by Gasteiger charge is -2.20. The summed E-state index contributed by atoms with van der Waals surface area (Å²) in [6.07, 6.45) is -1.39. The fourth-order valence-electron chi connectivity index (χ4n) is 1.10. The van der Waals surface area contributed by atoms with E-state index in [9.17, 15) is 5.11 Å². The van der Waals surface area contributed by atoms with Crippen molar-refractivity contribution in [2.45, 2.75) is 26.2 Å². The molecule has 1 rings (SSSR count). The van der Waals surface area contributed by atoms with Crippen LogP contribution >= 0.6 is 0 Å². The maximum atomic E-state index is 9.44. The van der Waals surface area contributed by atoms with Crippen LogP contribution in [0, 0.1) is 0 Å². The third-order valence-electron chi connectivity index (χ3n) is 1.90. The highest BCUT2D eigenvalue weighted by molar-refractivity contribution is 5.30. The Hall–Kier alpha value is -1.26. The van der Waals surface area contributed by atoms with E-state index in [-0.39, 0.29) is 5.75 Å². The third kappa shape index (κ3) is 3.77. The standard InChI is InChI=1S/C11H16O4/c1-3-14-11(13)8(2)15-10-6-4-9(12)5-7-10/h4-8,11-13H,3H2,1-2H3. The summed E-state index contributed by atoms with van der Waals surface area (Å²) in [5.41, 5.74) is 0. The van der Waals surface area contributed by atoms with Crippen molar-refractivity contribution in [2.75, 3.05) is 6.61 Å². The molecule has 0 amide bonds. The van der Waals surface area contributed by atoms with Crippen molar-refractivity contribution in [1.82, 2.24) is 0 Å². The van der Waals surface area contributed by atoms with Gasteiger partial charge in [0.15, 0.2) is 6.29 Å². The van der Waals surface area contributed by atoms with E-state index < -0.39 is 12.4 Å². The zero-order chi connectivity index (χ0) is 11.3. The van der Waals surface area contributed by atoms with Gasteiger partial charge in [0.05, 0.1) is 0 Å². The number of benzene rings is 1. The average molecular weight is 212 g/mol. The van der Waals surface area contributed by atoms with Crippen molar-refractivity contribution < 1.29 is 19.7 Å². The number of hydrogen-bond acceptors (Lipinski definition) is 4. The second kappa shape index (κ2) is 5.58. The number of hydrogen-bond donors (Lipinski definition) is 2. The molecular formula is C11H16O4. The van der Waals surface area contributed by atoms with Crippen molar-refractivity contribution in [3.05, 3.63) is 24.3 Å². The fraction of sp³-hybridized carbons (Fsp3) is 0.455. The van der Waals surface area contributed by atoms with E-state index in [4.69, 9.17) is 14.6 Å². The molecule has 4 heteroatoms. The van der Waals surface area contributed by atoms with Gasteiger partial charge in [0, 0.05) is 6.61 Å². The molecule has 1 aromatic rings. The quantitative estimate of drug-likeness (QED) is 0.726. The predicted molar refractivity (Wildman–Crippen MR) is 55.8 cm³/mol. The van der Waals surface area contributed by atoms with Gasteiger partial charge in [-0.1, -0.05) is 0 Å². The highest BCUT2D eigenvalue weighted by atomic mass is 16.6. The fourth-order valence-corrected chi connectivity index (χ4v) is 1.10. The normalized spacial score (nSPS) is 14.6. The zero-order valence-corrected chi connectivity index (χ0v) is 8.88. The Morgan fingerprint density at radius 1 is 1.27 bits per heavy atom. The first-order valence-corrected chi connectivity index (χ1v) is 4.89. The van der Waals surface area contributed by atoms with E-state index in [1.165, 1.54) is 12.1 Å². The average Bonchev–Trinajstić information content (AvgIpc) is 2.22. The summed E-state index contributed by atoms with van der Waals surface area (Å²) in [7, 11) is 0. The smallest absolute Gasteiger partial charge is 0.191 e. The molecule has 84 valence electrons. The number of rotatable bonds is 5. The predicted octanol–water partition coefficient (Wildman–Crippen LogP) is 1.51. The van der Waals surface area contributed by atoms with Gasteiger partial charge in [-0.15, -0.1) is 0 Å². The van der Waals surface area contributed by atoms with E-state index in [1.54, 1.807) is 26.0 Å². The lowest BCUT2D eigenvalue weighted by atomic mass is 10.3. The third-order valence-corrected chi connectivity index (χ3v) is 1.90. The molecule has 0 fully saturated rings. The van der Waals surface area contributed by atoms with Crippen LogP contribution in [-0.4, -0.2) is 29.2 Å². The van der Waals surface area contributed by atoms with Crippen LogP contribution in [0.5, 0.6) is 11.5 Å². The first-order chi connectivity index (χ1) is 7.13. The summed E-state index contributed by atoms with van der Waals surface area (Å²) >= 11 is 0. The van der Waals surface area contributed by atoms with Crippen LogP contribution in [0.25, 0.3) is 0 Å². The maximum Gasteiger partial charge on any atom is 0.191 e. The molecule has 2 N–H and O–H groups in total. The van der Waals surface area contributed by atoms with Gasteiger partial charge in [-0.25, -0.2) is 0 Å². The molecule has 0 saturated carbocycles. The molecule has 0 saturated heterocycles. The van der Waals surface area contributed by atoms with Crippen LogP contribution in [0.1, 0.15) is 13.8 Å². The van der Waals surface area contributed by atoms with E-state index in [2.05, 4.69) is 0 Å². The number of phenolic OH excluding ortho intramolecular Hbond substituents is 1. The molecule has 0 heterocycles. The Balaban J connectivity index is 2.50. The van der Waals surface area contributed by atoms with E-state index in [0.717, 1.165) is 0 Å². The van der Waals surface area contributed by atoms with Crippen molar-refractivity contribution in [3.8, 4) is 11.5 Å². The first-order valence-electron chi connectivity index (χ1n) is 4.89. The molecule has 0 bridgehead atoms. The lowest BCUT2D eigenvalue weighted by molar-refractivity contribution is -0.145. The van der Waals surface area contributed by atoms with Crippen molar-refractivity contribution in [1.29, 1.82) is 0 Å². The first kappa shape index (κ1) is 11.8. The zero-order valence-electron chi connectivity index (χ0n) is 8.88. The molecule has 0 aromatic heterocycles. The van der Waals surface area contributed by atoms with Gasteiger partial charge >= 0.3 is 0 Å². The van der Waals surface area contributed by atoms with Gasteiger partial charge in [0.2, 0.25) is 0 Å². The molecule has 0 aliphatic heterocycles. The Morgan fingerprint density at radius 2 is 1.87 bits per heavy atom. The van der Waals surface area contributed by atoms with Gasteiger partial charge in [0.25, 0.3) is 0 Å². The SMILES string of the molecule is CCOC(O)C(C)Oc1ccc(O)cc1. The number of aliphatic hydroxyl groups is 1. The van der Waals surface area contributed by atoms with Crippen molar-refractivity contribution in [3.63, 3.8) is 0 Å². The molecule has 0 radical (unpaired) electrons. The van der Waals surface area contributed by atoms with Crippen LogP contribution in [0.2, 0.25) is 0 Å². The summed E-state index contributed by atoms with van der Waals surface area (Å²) in [4.78, 5) is 0. The van der Waals surface area contributed by atoms with E-state index in [0.29, 0.717) is 12.4 Å². The van der Waals surface area contributed by atoms with Crippen LogP contribution in [0.15, 0.2) is 24.3 Å². The molecule has 0 aliphatic rings. The maximum absolute atomic E-state index is 9.44. The summed E-state index contributed by atoms with van der Waals surface area (Å²) in [5.74, 6) is 0.763. The van der Waals surface area contributed by atoms with Gasteiger partial charge in [-0.05, 0) is 38.1 Å². The molecule has 4 nitrogen and oxygen atoms in total. The molecular weight excluding hydrogens is 196 g/mol. The Bertz CT molecular complexity index is 283. The minimum Gasteiger partial charge on any atom is -0.508 e. The summed E-state index contributed by atoms with van der Waals surface area (Å²) in [6.45, 7) is 3.95. The largest absolute Gasteiger partial charge is 0.508 e. The Labute approximate surface area is 89.1 Å². The number of ether oxygens (including phenoxy) is 2. The lowest BCUT2D eigenvalue weighted by Crippen LogP contribution is -2.31. The van der Waals surface area contributed by atoms with Crippen molar-refractivity contribution >= 4 is 0 Å². The van der Waals surface area contributed by atoms with Gasteiger partial charge in [-0.2, -0.15) is 0 Å². The highest BCUT2D eigenvalue weighted by Gasteiger charge is 2.15. The second-order valence-electron chi connectivity index (χ2n) is 3.16. The monoisotopic (exact) mass is 212 g/mol. The minimum atomic E-state index is -0.941. The molecule has 15 heavy (non-hydrogen) atoms. The van der Waals surface area contributed by atoms with Gasteiger partial charge in [0.1, 0.15) is 17.6 Å². The summed E-state index contributed by atoms with van der Waals surface area (Å²) < 4.78 is 10.4. The number of phenols is 1. The second-order valence-corrected chi connectivity index (χ2v) is 3.16. The Kier molecular flexibility index (Phi) is 4.39. The van der Waals surface area contributed by atoms with Crippen molar-refractivity contribution in [2.24, 2.45) is 0 Å². The van der Waals surface area contributed by atoms with Crippen LogP contribution in [0.4, 0.5) is 0 Å². The van der Waals surface area contributed by atoms with Crippen LogP contribution in [-0.2, 0) is 4.74 Å². The number of aliphatic hydroxyl groups excluding tert-OH is 1. The van der Waals surface area contributed by atoms with E-state index >= 15 is 0 Å². The Morgan fingerprint density at radius 3 is 2.40 bits per heavy atom. The molecule has 1 aromatic carbocycles. The molecule has 0 aliphatic carbocycles. The molecule has 2 unspecified atom stereocenters. The minimum absolute atomic E-state index is 0.181. The van der Waals surface area contributed by atoms with Crippen LogP contribution in [0.3, 0.4) is 0 Å².